The smallest absolute Gasteiger partial charge is 0.412 e. The van der Waals surface area contributed by atoms with Crippen LogP contribution in [0.15, 0.2) is 11.6 Å². The van der Waals surface area contributed by atoms with E-state index in [9.17, 15) is 18.0 Å². The van der Waals surface area contributed by atoms with E-state index in [0.717, 1.165) is 32.4 Å². The number of aliphatic carboxylic acids is 1. The average Bonchev–Trinajstić information content (AvgIpc) is 2.23. The molecule has 0 aromatic rings. The molecule has 1 rings (SSSR count). The number of carboxylic acid groups (broad SMARTS) is 1. The van der Waals surface area contributed by atoms with E-state index in [-0.39, 0.29) is 19.0 Å². The van der Waals surface area contributed by atoms with Gasteiger partial charge in [0.05, 0.1) is 0 Å². The molecular weight excluding hydrogens is 235 g/mol. The summed E-state index contributed by atoms with van der Waals surface area (Å²) in [5.41, 5.74) is -0.962. The van der Waals surface area contributed by atoms with Crippen molar-refractivity contribution in [2.75, 3.05) is 19.6 Å². The van der Waals surface area contributed by atoms with Crippen LogP contribution in [-0.2, 0) is 4.79 Å². The lowest BCUT2D eigenvalue weighted by Crippen LogP contribution is -2.31. The fraction of sp³-hybridized carbons (Fsp3) is 0.727. The van der Waals surface area contributed by atoms with Crippen LogP contribution in [-0.4, -0.2) is 41.8 Å². The zero-order valence-electron chi connectivity index (χ0n) is 9.46. The highest BCUT2D eigenvalue weighted by molar-refractivity contribution is 5.80. The van der Waals surface area contributed by atoms with Crippen LogP contribution < -0.4 is 0 Å². The van der Waals surface area contributed by atoms with Crippen LogP contribution in [0.2, 0.25) is 0 Å². The summed E-state index contributed by atoms with van der Waals surface area (Å²) in [6, 6.07) is 0. The molecule has 6 heteroatoms. The molecule has 0 radical (unpaired) electrons. The average molecular weight is 251 g/mol. The molecule has 1 heterocycles. The van der Waals surface area contributed by atoms with E-state index in [2.05, 4.69) is 0 Å². The Morgan fingerprint density at radius 1 is 1.24 bits per heavy atom. The third kappa shape index (κ3) is 5.21. The van der Waals surface area contributed by atoms with Crippen molar-refractivity contribution in [2.45, 2.75) is 31.9 Å². The molecule has 1 saturated heterocycles. The van der Waals surface area contributed by atoms with E-state index in [0.29, 0.717) is 0 Å². The number of nitrogens with zero attached hydrogens (tertiary/aromatic N) is 1. The first kappa shape index (κ1) is 14.0. The highest BCUT2D eigenvalue weighted by Gasteiger charge is 2.34. The molecule has 17 heavy (non-hydrogen) atoms. The number of halogens is 3. The van der Waals surface area contributed by atoms with Crippen LogP contribution >= 0.6 is 0 Å². The normalized spacial score (nSPS) is 19.4. The molecule has 0 amide bonds. The molecule has 0 aromatic carbocycles. The van der Waals surface area contributed by atoms with Gasteiger partial charge in [-0.3, -0.25) is 0 Å². The molecule has 1 N–H and O–H groups in total. The van der Waals surface area contributed by atoms with Crippen molar-refractivity contribution in [1.29, 1.82) is 0 Å². The van der Waals surface area contributed by atoms with E-state index in [1.807, 2.05) is 4.90 Å². The topological polar surface area (TPSA) is 40.5 Å². The first-order valence-electron chi connectivity index (χ1n) is 5.62. The molecule has 0 bridgehead atoms. The van der Waals surface area contributed by atoms with Crippen molar-refractivity contribution in [3.63, 3.8) is 0 Å². The van der Waals surface area contributed by atoms with Gasteiger partial charge in [0.1, 0.15) is 0 Å². The second-order valence-electron chi connectivity index (χ2n) is 4.16. The Kier molecular flexibility index (Phi) is 4.99. The largest absolute Gasteiger partial charge is 0.478 e. The van der Waals surface area contributed by atoms with Gasteiger partial charge < -0.3 is 10.0 Å². The molecule has 1 aliphatic rings. The van der Waals surface area contributed by atoms with Gasteiger partial charge in [0.15, 0.2) is 0 Å². The van der Waals surface area contributed by atoms with E-state index >= 15 is 0 Å². The van der Waals surface area contributed by atoms with Gasteiger partial charge >= 0.3 is 12.1 Å². The lowest BCUT2D eigenvalue weighted by atomic mass is 10.1. The van der Waals surface area contributed by atoms with Gasteiger partial charge in [-0.2, -0.15) is 13.2 Å². The predicted molar refractivity (Wildman–Crippen MR) is 56.7 cm³/mol. The second kappa shape index (κ2) is 6.05. The summed E-state index contributed by atoms with van der Waals surface area (Å²) < 4.78 is 37.5. The van der Waals surface area contributed by atoms with Gasteiger partial charge in [-0.05, 0) is 32.4 Å². The molecule has 1 aliphatic heterocycles. The first-order valence-corrected chi connectivity index (χ1v) is 5.62. The van der Waals surface area contributed by atoms with Gasteiger partial charge in [0, 0.05) is 18.2 Å². The quantitative estimate of drug-likeness (QED) is 0.780. The zero-order chi connectivity index (χ0) is 12.9. The van der Waals surface area contributed by atoms with Crippen molar-refractivity contribution < 1.29 is 23.1 Å². The highest BCUT2D eigenvalue weighted by atomic mass is 19.4. The third-order valence-electron chi connectivity index (χ3n) is 2.81. The van der Waals surface area contributed by atoms with E-state index in [4.69, 9.17) is 5.11 Å². The number of rotatable bonds is 4. The summed E-state index contributed by atoms with van der Waals surface area (Å²) in [5, 5.41) is 8.39. The molecule has 0 spiro atoms. The molecule has 0 aliphatic carbocycles. The van der Waals surface area contributed by atoms with Gasteiger partial charge in [-0.1, -0.05) is 6.42 Å². The van der Waals surface area contributed by atoms with E-state index in [1.165, 1.54) is 0 Å². The Bertz CT molecular complexity index is 294. The molecule has 3 nitrogen and oxygen atoms in total. The number of carbonyl (C=O) groups is 1. The van der Waals surface area contributed by atoms with Crippen molar-refractivity contribution in [3.8, 4) is 0 Å². The second-order valence-corrected chi connectivity index (χ2v) is 4.16. The van der Waals surface area contributed by atoms with Crippen molar-refractivity contribution in [2.24, 2.45) is 0 Å². The van der Waals surface area contributed by atoms with Crippen LogP contribution in [0.4, 0.5) is 13.2 Å². The first-order chi connectivity index (χ1) is 7.89. The number of alkyl halides is 3. The minimum absolute atomic E-state index is 0.254. The van der Waals surface area contributed by atoms with Crippen LogP contribution in [0.1, 0.15) is 25.7 Å². The standard InChI is InChI=1S/C11H16F3NO2/c12-11(13,14)9(8-10(16)17)4-7-15-5-2-1-3-6-15/h8H,1-7H2,(H,16,17)/b9-8+. The number of carboxylic acids is 1. The van der Waals surface area contributed by atoms with E-state index in [1.54, 1.807) is 0 Å². The third-order valence-corrected chi connectivity index (χ3v) is 2.81. The van der Waals surface area contributed by atoms with Crippen LogP contribution in [0.3, 0.4) is 0 Å². The number of hydrogen-bond donors (Lipinski definition) is 1. The van der Waals surface area contributed by atoms with Crippen LogP contribution in [0.25, 0.3) is 0 Å². The monoisotopic (exact) mass is 251 g/mol. The lowest BCUT2D eigenvalue weighted by molar-refractivity contribution is -0.132. The Labute approximate surface area is 97.9 Å². The maximum atomic E-state index is 12.5. The van der Waals surface area contributed by atoms with Crippen molar-refractivity contribution in [1.82, 2.24) is 4.90 Å². The molecule has 0 saturated carbocycles. The van der Waals surface area contributed by atoms with Crippen molar-refractivity contribution in [3.05, 3.63) is 11.6 Å². The molecule has 0 aromatic heterocycles. The molecular formula is C11H16F3NO2. The summed E-state index contributed by atoms with van der Waals surface area (Å²) in [5.74, 6) is -1.55. The van der Waals surface area contributed by atoms with Gasteiger partial charge in [-0.25, -0.2) is 4.79 Å². The van der Waals surface area contributed by atoms with E-state index < -0.39 is 17.7 Å². The number of hydrogen-bond acceptors (Lipinski definition) is 2. The predicted octanol–water partition coefficient (Wildman–Crippen LogP) is 2.44. The van der Waals surface area contributed by atoms with Gasteiger partial charge in [0.25, 0.3) is 0 Å². The van der Waals surface area contributed by atoms with Crippen LogP contribution in [0.5, 0.6) is 0 Å². The summed E-state index contributed by atoms with van der Waals surface area (Å²) in [6.07, 6.45) is -1.41. The maximum Gasteiger partial charge on any atom is 0.412 e. The lowest BCUT2D eigenvalue weighted by Gasteiger charge is -2.26. The summed E-state index contributed by atoms with van der Waals surface area (Å²) in [6.45, 7) is 1.88. The maximum absolute atomic E-state index is 12.5. The molecule has 0 unspecified atom stereocenters. The van der Waals surface area contributed by atoms with Crippen LogP contribution in [0, 0.1) is 0 Å². The highest BCUT2D eigenvalue weighted by Crippen LogP contribution is 2.28. The summed E-state index contributed by atoms with van der Waals surface area (Å²) >= 11 is 0. The molecule has 0 atom stereocenters. The Morgan fingerprint density at radius 2 is 1.82 bits per heavy atom. The number of piperidine rings is 1. The fourth-order valence-electron chi connectivity index (χ4n) is 1.91. The Balaban J connectivity index is 2.52. The zero-order valence-corrected chi connectivity index (χ0v) is 9.46. The fourth-order valence-corrected chi connectivity index (χ4v) is 1.91. The van der Waals surface area contributed by atoms with Crippen molar-refractivity contribution >= 4 is 5.97 Å². The molecule has 1 fully saturated rings. The van der Waals surface area contributed by atoms with Gasteiger partial charge in [0.2, 0.25) is 0 Å². The summed E-state index contributed by atoms with van der Waals surface area (Å²) in [7, 11) is 0. The number of likely N-dealkylation sites (tertiary alicyclic amines) is 1. The minimum atomic E-state index is -4.55. The molecule has 98 valence electrons. The minimum Gasteiger partial charge on any atom is -0.478 e. The van der Waals surface area contributed by atoms with Gasteiger partial charge in [-0.15, -0.1) is 0 Å². The summed E-state index contributed by atoms with van der Waals surface area (Å²) in [4.78, 5) is 12.3. The Hall–Kier alpha value is -1.04. The SMILES string of the molecule is O=C(O)/C=C(\CCN1CCCCC1)C(F)(F)F. The Morgan fingerprint density at radius 3 is 2.29 bits per heavy atom.